The smallest absolute Gasteiger partial charge is 0.0111 e. The van der Waals surface area contributed by atoms with Crippen molar-refractivity contribution in [2.45, 2.75) is 63.1 Å². The van der Waals surface area contributed by atoms with Gasteiger partial charge < -0.3 is 10.6 Å². The lowest BCUT2D eigenvalue weighted by atomic mass is 9.89. The van der Waals surface area contributed by atoms with E-state index in [1.807, 2.05) is 0 Å². The molecule has 0 radical (unpaired) electrons. The summed E-state index contributed by atoms with van der Waals surface area (Å²) in [7, 11) is 0. The lowest BCUT2D eigenvalue weighted by Gasteiger charge is -2.22. The quantitative estimate of drug-likeness (QED) is 0.714. The summed E-state index contributed by atoms with van der Waals surface area (Å²) in [6.07, 6.45) is 10.1. The Morgan fingerprint density at radius 2 is 1.93 bits per heavy atom. The fourth-order valence-corrected chi connectivity index (χ4v) is 3.61. The van der Waals surface area contributed by atoms with Crippen LogP contribution in [0.3, 0.4) is 0 Å². The Labute approximate surface area is 86.8 Å². The van der Waals surface area contributed by atoms with E-state index < -0.39 is 0 Å². The Morgan fingerprint density at radius 1 is 1.07 bits per heavy atom. The second-order valence-corrected chi connectivity index (χ2v) is 5.43. The van der Waals surface area contributed by atoms with Crippen LogP contribution in [0.25, 0.3) is 0 Å². The molecule has 3 fully saturated rings. The third kappa shape index (κ3) is 1.70. The molecule has 3 atom stereocenters. The topological polar surface area (TPSA) is 24.1 Å². The SMILES string of the molecule is C1CCC(NCC2CC3CCC2N3)C1. The third-order valence-corrected chi connectivity index (χ3v) is 4.46. The Bertz CT molecular complexity index is 198. The van der Waals surface area contributed by atoms with E-state index >= 15 is 0 Å². The highest BCUT2D eigenvalue weighted by atomic mass is 15.1. The number of rotatable bonds is 3. The number of hydrogen-bond donors (Lipinski definition) is 2. The summed E-state index contributed by atoms with van der Waals surface area (Å²) in [6.45, 7) is 1.28. The van der Waals surface area contributed by atoms with Gasteiger partial charge in [0.15, 0.2) is 0 Å². The van der Waals surface area contributed by atoms with E-state index in [-0.39, 0.29) is 0 Å². The lowest BCUT2D eigenvalue weighted by molar-refractivity contribution is 0.361. The van der Waals surface area contributed by atoms with Gasteiger partial charge in [0.2, 0.25) is 0 Å². The van der Waals surface area contributed by atoms with Gasteiger partial charge in [0.25, 0.3) is 0 Å². The van der Waals surface area contributed by atoms with Crippen molar-refractivity contribution in [1.82, 2.24) is 10.6 Å². The van der Waals surface area contributed by atoms with E-state index in [9.17, 15) is 0 Å². The summed E-state index contributed by atoms with van der Waals surface area (Å²) in [5.74, 6) is 0.939. The highest BCUT2D eigenvalue weighted by molar-refractivity contribution is 4.98. The van der Waals surface area contributed by atoms with Crippen LogP contribution in [0.15, 0.2) is 0 Å². The lowest BCUT2D eigenvalue weighted by Crippen LogP contribution is -2.36. The zero-order valence-corrected chi connectivity index (χ0v) is 8.97. The van der Waals surface area contributed by atoms with Gasteiger partial charge in [0.05, 0.1) is 0 Å². The Morgan fingerprint density at radius 3 is 2.57 bits per heavy atom. The molecule has 1 saturated carbocycles. The minimum Gasteiger partial charge on any atom is -0.314 e. The van der Waals surface area contributed by atoms with E-state index in [0.29, 0.717) is 0 Å². The summed E-state index contributed by atoms with van der Waals surface area (Å²) in [6, 6.07) is 2.58. The molecule has 2 saturated heterocycles. The first-order valence-corrected chi connectivity index (χ1v) is 6.41. The highest BCUT2D eigenvalue weighted by Crippen LogP contribution is 2.33. The average Bonchev–Trinajstić information content (AvgIpc) is 2.91. The number of nitrogens with one attached hydrogen (secondary N) is 2. The maximum absolute atomic E-state index is 3.77. The van der Waals surface area contributed by atoms with Gasteiger partial charge in [-0.15, -0.1) is 0 Å². The molecule has 2 bridgehead atoms. The van der Waals surface area contributed by atoms with Crippen molar-refractivity contribution in [1.29, 1.82) is 0 Å². The molecule has 1 aliphatic carbocycles. The van der Waals surface area contributed by atoms with Crippen molar-refractivity contribution in [3.05, 3.63) is 0 Å². The molecule has 0 amide bonds. The fourth-order valence-electron chi connectivity index (χ4n) is 3.61. The monoisotopic (exact) mass is 194 g/mol. The van der Waals surface area contributed by atoms with E-state index in [2.05, 4.69) is 10.6 Å². The molecule has 2 N–H and O–H groups in total. The summed E-state index contributed by atoms with van der Waals surface area (Å²) in [5.41, 5.74) is 0. The standard InChI is InChI=1S/C12H22N2/c1-2-4-10(3-1)13-8-9-7-11-5-6-12(9)14-11/h9-14H,1-8H2. The van der Waals surface area contributed by atoms with E-state index in [4.69, 9.17) is 0 Å². The first-order chi connectivity index (χ1) is 6.92. The highest BCUT2D eigenvalue weighted by Gasteiger charge is 2.38. The van der Waals surface area contributed by atoms with Crippen LogP contribution in [0.4, 0.5) is 0 Å². The Hall–Kier alpha value is -0.0800. The summed E-state index contributed by atoms with van der Waals surface area (Å²) in [5, 5.41) is 7.48. The van der Waals surface area contributed by atoms with Crippen molar-refractivity contribution in [2.24, 2.45) is 5.92 Å². The zero-order valence-electron chi connectivity index (χ0n) is 8.97. The molecule has 3 rings (SSSR count). The van der Waals surface area contributed by atoms with Crippen molar-refractivity contribution in [3.63, 3.8) is 0 Å². The average molecular weight is 194 g/mol. The van der Waals surface area contributed by atoms with Crippen LogP contribution in [0, 0.1) is 5.92 Å². The van der Waals surface area contributed by atoms with E-state index in [1.165, 1.54) is 51.5 Å². The van der Waals surface area contributed by atoms with Crippen LogP contribution in [0.1, 0.15) is 44.9 Å². The minimum atomic E-state index is 0.855. The van der Waals surface area contributed by atoms with Crippen LogP contribution in [-0.4, -0.2) is 24.7 Å². The first kappa shape index (κ1) is 9.17. The first-order valence-electron chi connectivity index (χ1n) is 6.41. The maximum Gasteiger partial charge on any atom is 0.0111 e. The zero-order chi connectivity index (χ0) is 9.38. The molecule has 3 aliphatic rings. The van der Waals surface area contributed by atoms with Crippen molar-refractivity contribution in [3.8, 4) is 0 Å². The van der Waals surface area contributed by atoms with Gasteiger partial charge in [-0.2, -0.15) is 0 Å². The molecule has 2 aliphatic heterocycles. The molecule has 2 heteroatoms. The van der Waals surface area contributed by atoms with Crippen molar-refractivity contribution < 1.29 is 0 Å². The van der Waals surface area contributed by atoms with Crippen LogP contribution >= 0.6 is 0 Å². The predicted molar refractivity (Wildman–Crippen MR) is 58.3 cm³/mol. The molecule has 80 valence electrons. The fraction of sp³-hybridized carbons (Fsp3) is 1.00. The molecule has 14 heavy (non-hydrogen) atoms. The second-order valence-electron chi connectivity index (χ2n) is 5.43. The largest absolute Gasteiger partial charge is 0.314 e. The summed E-state index contributed by atoms with van der Waals surface area (Å²) >= 11 is 0. The predicted octanol–water partition coefficient (Wildman–Crippen LogP) is 1.66. The molecule has 0 spiro atoms. The second kappa shape index (κ2) is 3.82. The van der Waals surface area contributed by atoms with Gasteiger partial charge in [0, 0.05) is 18.1 Å². The Balaban J connectivity index is 1.44. The molecular formula is C12H22N2. The number of fused-ring (bicyclic) bond motifs is 2. The van der Waals surface area contributed by atoms with E-state index in [0.717, 1.165) is 24.0 Å². The van der Waals surface area contributed by atoms with Gasteiger partial charge >= 0.3 is 0 Å². The molecular weight excluding hydrogens is 172 g/mol. The Kier molecular flexibility index (Phi) is 2.50. The molecule has 0 aromatic rings. The summed E-state index contributed by atoms with van der Waals surface area (Å²) in [4.78, 5) is 0. The molecule has 3 unspecified atom stereocenters. The van der Waals surface area contributed by atoms with Gasteiger partial charge in [-0.1, -0.05) is 12.8 Å². The van der Waals surface area contributed by atoms with Gasteiger partial charge in [-0.05, 0) is 44.6 Å². The van der Waals surface area contributed by atoms with Crippen LogP contribution in [0.2, 0.25) is 0 Å². The van der Waals surface area contributed by atoms with Gasteiger partial charge in [0.1, 0.15) is 0 Å². The van der Waals surface area contributed by atoms with E-state index in [1.54, 1.807) is 0 Å². The van der Waals surface area contributed by atoms with Gasteiger partial charge in [-0.3, -0.25) is 0 Å². The van der Waals surface area contributed by atoms with Crippen molar-refractivity contribution in [2.75, 3.05) is 6.54 Å². The van der Waals surface area contributed by atoms with Crippen LogP contribution < -0.4 is 10.6 Å². The minimum absolute atomic E-state index is 0.855. The maximum atomic E-state index is 3.77. The third-order valence-electron chi connectivity index (χ3n) is 4.46. The van der Waals surface area contributed by atoms with Crippen molar-refractivity contribution >= 4 is 0 Å². The van der Waals surface area contributed by atoms with Crippen LogP contribution in [-0.2, 0) is 0 Å². The molecule has 0 aromatic heterocycles. The molecule has 2 heterocycles. The summed E-state index contributed by atoms with van der Waals surface area (Å²) < 4.78 is 0. The molecule has 0 aromatic carbocycles. The van der Waals surface area contributed by atoms with Gasteiger partial charge in [-0.25, -0.2) is 0 Å². The molecule has 2 nitrogen and oxygen atoms in total. The normalized spacial score (nSPS) is 42.4. The van der Waals surface area contributed by atoms with Crippen LogP contribution in [0.5, 0.6) is 0 Å². The number of hydrogen-bond acceptors (Lipinski definition) is 2.